The van der Waals surface area contributed by atoms with E-state index in [1.54, 1.807) is 0 Å². The Kier molecular flexibility index (Phi) is 11.5. The minimum atomic E-state index is -5.58. The van der Waals surface area contributed by atoms with Crippen LogP contribution in [0, 0.1) is 34.5 Å². The van der Waals surface area contributed by atoms with Crippen molar-refractivity contribution in [2.24, 2.45) is 34.5 Å². The lowest BCUT2D eigenvalue weighted by Gasteiger charge is -2.62. The first-order valence-corrected chi connectivity index (χ1v) is 18.3. The molecule has 4 saturated carbocycles. The summed E-state index contributed by atoms with van der Waals surface area (Å²) in [6.45, 7) is 5.75. The molecule has 0 spiro atoms. The van der Waals surface area contributed by atoms with Gasteiger partial charge >= 0.3 is 12.1 Å². The molecule has 10 heteroatoms. The average Bonchev–Trinajstić information content (AvgIpc) is 3.33. The Morgan fingerprint density at radius 1 is 0.938 bits per heavy atom. The summed E-state index contributed by atoms with van der Waals surface area (Å²) in [4.78, 5) is 24.2. The average molecular weight is 684 g/mol. The molecule has 0 radical (unpaired) electrons. The van der Waals surface area contributed by atoms with Crippen LogP contribution in [0.15, 0.2) is 24.3 Å². The second-order valence-electron chi connectivity index (χ2n) is 15.8. The number of hydrogen-bond acceptors (Lipinski definition) is 4. The summed E-state index contributed by atoms with van der Waals surface area (Å²) in [6, 6.07) is 8.59. The van der Waals surface area contributed by atoms with Crippen molar-refractivity contribution >= 4 is 11.7 Å². The number of rotatable bonds is 14. The number of fused-ring (bicyclic) bond motifs is 5. The first-order chi connectivity index (χ1) is 22.7. The lowest BCUT2D eigenvalue weighted by Crippen LogP contribution is -2.56. The number of amides is 1. The molecule has 270 valence electrons. The Hall–Kier alpha value is -2.23. The van der Waals surface area contributed by atoms with Crippen molar-refractivity contribution in [1.82, 2.24) is 5.32 Å². The van der Waals surface area contributed by atoms with E-state index in [4.69, 9.17) is 4.74 Å². The van der Waals surface area contributed by atoms with E-state index in [1.807, 2.05) is 0 Å². The number of benzene rings is 1. The number of carbonyl (C=O) groups excluding carboxylic acids is 2. The molecule has 5 nitrogen and oxygen atoms in total. The first kappa shape index (κ1) is 37.0. The SMILES string of the molecule is C[C@]12CCC(=O)C[C@@H]1CC[C@@H]1[C@@H]2[C@@H](c2ccc(OCCCCCCCNC(=O)CCCC(F)(F)C(F)(F)F)cc2)C[C@]2(C)[C@@H](O)CC[C@@H]12. The maximum atomic E-state index is 12.9. The van der Waals surface area contributed by atoms with Gasteiger partial charge in [0.25, 0.3) is 0 Å². The van der Waals surface area contributed by atoms with E-state index < -0.39 is 30.8 Å². The zero-order valence-corrected chi connectivity index (χ0v) is 28.6. The molecule has 4 fully saturated rings. The highest BCUT2D eigenvalue weighted by molar-refractivity contribution is 5.79. The van der Waals surface area contributed by atoms with Crippen molar-refractivity contribution in [2.45, 2.75) is 141 Å². The molecular formula is C38H54F5NO4. The number of aliphatic hydroxyl groups excluding tert-OH is 1. The number of aliphatic hydroxyl groups is 1. The zero-order chi connectivity index (χ0) is 34.7. The Balaban J connectivity index is 1.04. The number of ether oxygens (including phenoxy) is 1. The van der Waals surface area contributed by atoms with E-state index in [1.165, 1.54) is 5.56 Å². The van der Waals surface area contributed by atoms with Gasteiger partial charge in [0, 0.05) is 32.2 Å². The topological polar surface area (TPSA) is 75.6 Å². The summed E-state index contributed by atoms with van der Waals surface area (Å²) in [5.41, 5.74) is 1.40. The van der Waals surface area contributed by atoms with Crippen LogP contribution in [0.25, 0.3) is 0 Å². The van der Waals surface area contributed by atoms with Crippen molar-refractivity contribution < 1.29 is 41.4 Å². The zero-order valence-electron chi connectivity index (χ0n) is 28.6. The number of nitrogens with one attached hydrogen (secondary N) is 1. The molecule has 0 aliphatic heterocycles. The molecule has 0 bridgehead atoms. The van der Waals surface area contributed by atoms with Crippen molar-refractivity contribution in [3.63, 3.8) is 0 Å². The highest BCUT2D eigenvalue weighted by atomic mass is 19.4. The van der Waals surface area contributed by atoms with E-state index in [9.17, 15) is 36.6 Å². The number of Topliss-reactive ketones (excluding diaryl/α,β-unsaturated/α-hetero) is 1. The Labute approximate surface area is 282 Å². The molecule has 1 aromatic carbocycles. The smallest absolute Gasteiger partial charge is 0.453 e. The third-order valence-electron chi connectivity index (χ3n) is 12.9. The highest BCUT2D eigenvalue weighted by Gasteiger charge is 2.63. The van der Waals surface area contributed by atoms with Gasteiger partial charge < -0.3 is 15.2 Å². The van der Waals surface area contributed by atoms with E-state index in [0.29, 0.717) is 61.4 Å². The van der Waals surface area contributed by atoms with Crippen LogP contribution in [0.3, 0.4) is 0 Å². The van der Waals surface area contributed by atoms with Gasteiger partial charge in [0.2, 0.25) is 5.91 Å². The van der Waals surface area contributed by atoms with Gasteiger partial charge in [-0.1, -0.05) is 45.2 Å². The molecule has 1 amide bonds. The van der Waals surface area contributed by atoms with Crippen LogP contribution < -0.4 is 10.1 Å². The molecular weight excluding hydrogens is 629 g/mol. The fourth-order valence-corrected chi connectivity index (χ4v) is 10.2. The van der Waals surface area contributed by atoms with Gasteiger partial charge in [0.15, 0.2) is 0 Å². The van der Waals surface area contributed by atoms with Gasteiger partial charge in [-0.3, -0.25) is 9.59 Å². The fraction of sp³-hybridized carbons (Fsp3) is 0.789. The third kappa shape index (κ3) is 7.88. The molecule has 4 aliphatic rings. The van der Waals surface area contributed by atoms with Crippen molar-refractivity contribution in [1.29, 1.82) is 0 Å². The number of alkyl halides is 5. The molecule has 0 aromatic heterocycles. The van der Waals surface area contributed by atoms with Crippen LogP contribution in [0.1, 0.15) is 128 Å². The molecule has 5 rings (SSSR count). The molecule has 8 atom stereocenters. The summed E-state index contributed by atoms with van der Waals surface area (Å²) in [5, 5.41) is 13.8. The second-order valence-corrected chi connectivity index (χ2v) is 15.8. The van der Waals surface area contributed by atoms with E-state index in [0.717, 1.165) is 76.4 Å². The lowest BCUT2D eigenvalue weighted by atomic mass is 9.42. The van der Waals surface area contributed by atoms with Gasteiger partial charge in [-0.05, 0) is 116 Å². The number of hydrogen-bond donors (Lipinski definition) is 2. The molecule has 48 heavy (non-hydrogen) atoms. The van der Waals surface area contributed by atoms with Crippen molar-refractivity contribution in [3.05, 3.63) is 29.8 Å². The monoisotopic (exact) mass is 683 g/mol. The molecule has 4 aliphatic carbocycles. The summed E-state index contributed by atoms with van der Waals surface area (Å²) in [6.07, 6.45) is 3.94. The van der Waals surface area contributed by atoms with E-state index in [-0.39, 0.29) is 23.4 Å². The van der Waals surface area contributed by atoms with Gasteiger partial charge in [-0.15, -0.1) is 0 Å². The number of unbranched alkanes of at least 4 members (excludes halogenated alkanes) is 4. The summed E-state index contributed by atoms with van der Waals surface area (Å²) in [7, 11) is 0. The van der Waals surface area contributed by atoms with Crippen LogP contribution in [0.5, 0.6) is 5.75 Å². The number of halogens is 5. The molecule has 0 saturated heterocycles. The van der Waals surface area contributed by atoms with Crippen LogP contribution in [0.4, 0.5) is 22.0 Å². The normalized spacial score (nSPS) is 33.5. The predicted molar refractivity (Wildman–Crippen MR) is 174 cm³/mol. The van der Waals surface area contributed by atoms with Crippen LogP contribution >= 0.6 is 0 Å². The highest BCUT2D eigenvalue weighted by Crippen LogP contribution is 2.69. The van der Waals surface area contributed by atoms with Gasteiger partial charge in [0.1, 0.15) is 11.5 Å². The van der Waals surface area contributed by atoms with E-state index in [2.05, 4.69) is 43.4 Å². The largest absolute Gasteiger partial charge is 0.494 e. The van der Waals surface area contributed by atoms with Gasteiger partial charge in [-0.2, -0.15) is 22.0 Å². The third-order valence-corrected chi connectivity index (χ3v) is 12.9. The minimum absolute atomic E-state index is 0.0691. The van der Waals surface area contributed by atoms with Crippen molar-refractivity contribution in [3.8, 4) is 5.75 Å². The molecule has 1 aromatic rings. The van der Waals surface area contributed by atoms with Crippen LogP contribution in [0.2, 0.25) is 0 Å². The first-order valence-electron chi connectivity index (χ1n) is 18.3. The number of ketones is 1. The molecule has 0 heterocycles. The van der Waals surface area contributed by atoms with Crippen molar-refractivity contribution in [2.75, 3.05) is 13.2 Å². The fourth-order valence-electron chi connectivity index (χ4n) is 10.2. The maximum Gasteiger partial charge on any atom is 0.453 e. The Bertz CT molecular complexity index is 1250. The maximum absolute atomic E-state index is 12.9. The summed E-state index contributed by atoms with van der Waals surface area (Å²) in [5.74, 6) is -1.55. The summed E-state index contributed by atoms with van der Waals surface area (Å²) >= 11 is 0. The van der Waals surface area contributed by atoms with Gasteiger partial charge in [0.05, 0.1) is 12.7 Å². The van der Waals surface area contributed by atoms with Crippen LogP contribution in [-0.2, 0) is 9.59 Å². The minimum Gasteiger partial charge on any atom is -0.494 e. The molecule has 0 unspecified atom stereocenters. The second kappa shape index (κ2) is 14.9. The van der Waals surface area contributed by atoms with Crippen LogP contribution in [-0.4, -0.2) is 48.2 Å². The lowest BCUT2D eigenvalue weighted by molar-refractivity contribution is -0.284. The quantitative estimate of drug-likeness (QED) is 0.152. The summed E-state index contributed by atoms with van der Waals surface area (Å²) < 4.78 is 68.6. The Morgan fingerprint density at radius 2 is 1.65 bits per heavy atom. The number of carbonyl (C=O) groups is 2. The Morgan fingerprint density at radius 3 is 2.38 bits per heavy atom. The van der Waals surface area contributed by atoms with Gasteiger partial charge in [-0.25, -0.2) is 0 Å². The predicted octanol–water partition coefficient (Wildman–Crippen LogP) is 9.17. The standard InChI is InChI=1S/C38H54F5NO4/c1-35-20-18-27(45)23-26(35)12-15-29-31-16-17-32(46)36(31,2)24-30(34(29)35)25-10-13-28(14-11-25)48-22-7-5-3-4-6-21-44-33(47)9-8-19-37(39,40)38(41,42)43/h10-11,13-14,26,29-32,34,46H,3-9,12,15-24H2,1-2H3,(H,44,47)/t26-,29-,30+,31-,32-,34+,35-,36-/m0/s1. The molecule has 2 N–H and O–H groups in total. The van der Waals surface area contributed by atoms with E-state index >= 15 is 0 Å².